The Hall–Kier alpha value is -2.49. The molecule has 2 aromatic carbocycles. The van der Waals surface area contributed by atoms with E-state index in [0.717, 1.165) is 35.7 Å². The van der Waals surface area contributed by atoms with Gasteiger partial charge in [0.15, 0.2) is 5.96 Å². The van der Waals surface area contributed by atoms with Gasteiger partial charge in [-0.25, -0.2) is 4.79 Å². The molecular formula is C24H33IN4O3. The molecule has 1 aliphatic rings. The summed E-state index contributed by atoms with van der Waals surface area (Å²) in [4.78, 5) is 17.9. The molecule has 2 aromatic rings. The van der Waals surface area contributed by atoms with Crippen molar-refractivity contribution >= 4 is 36.0 Å². The standard InChI is InChI=1S/C24H32N4O3.HI/c1-3-30-24(29)28-16-13-20(14-17-28)27-23(25-2)26-15-18-31-22-12-8-7-11-21(22)19-9-5-4-6-10-19;/h4-12,20H,3,13-18H2,1-2H3,(H2,25,26,27);1H. The van der Waals surface area contributed by atoms with Gasteiger partial charge in [0.1, 0.15) is 12.4 Å². The Kier molecular flexibility index (Phi) is 11.1. The molecule has 8 heteroatoms. The van der Waals surface area contributed by atoms with Gasteiger partial charge >= 0.3 is 6.09 Å². The lowest BCUT2D eigenvalue weighted by Crippen LogP contribution is -2.50. The zero-order valence-electron chi connectivity index (χ0n) is 18.8. The minimum atomic E-state index is -0.226. The lowest BCUT2D eigenvalue weighted by molar-refractivity contribution is 0.0963. The van der Waals surface area contributed by atoms with Gasteiger partial charge in [-0.1, -0.05) is 48.5 Å². The second-order valence-corrected chi connectivity index (χ2v) is 7.31. The second kappa shape index (κ2) is 13.8. The van der Waals surface area contributed by atoms with Crippen molar-refractivity contribution in [3.8, 4) is 16.9 Å². The van der Waals surface area contributed by atoms with E-state index in [1.165, 1.54) is 0 Å². The number of carbonyl (C=O) groups excluding carboxylic acids is 1. The molecule has 0 aliphatic carbocycles. The highest BCUT2D eigenvalue weighted by molar-refractivity contribution is 14.0. The van der Waals surface area contributed by atoms with E-state index >= 15 is 0 Å². The van der Waals surface area contributed by atoms with Crippen LogP contribution >= 0.6 is 24.0 Å². The predicted octanol–water partition coefficient (Wildman–Crippen LogP) is 4.14. The van der Waals surface area contributed by atoms with Gasteiger partial charge in [0.05, 0.1) is 13.2 Å². The number of ether oxygens (including phenoxy) is 2. The molecule has 1 fully saturated rings. The van der Waals surface area contributed by atoms with Crippen LogP contribution in [0.2, 0.25) is 0 Å². The van der Waals surface area contributed by atoms with Gasteiger partial charge in [-0.3, -0.25) is 4.99 Å². The molecule has 1 aliphatic heterocycles. The number of rotatable bonds is 7. The fourth-order valence-corrected chi connectivity index (χ4v) is 3.59. The number of likely N-dealkylation sites (tertiary alicyclic amines) is 1. The second-order valence-electron chi connectivity index (χ2n) is 7.31. The average Bonchev–Trinajstić information content (AvgIpc) is 2.82. The van der Waals surface area contributed by atoms with E-state index in [4.69, 9.17) is 9.47 Å². The third-order valence-electron chi connectivity index (χ3n) is 5.21. The molecule has 0 spiro atoms. The van der Waals surface area contributed by atoms with Crippen molar-refractivity contribution in [2.45, 2.75) is 25.8 Å². The smallest absolute Gasteiger partial charge is 0.409 e. The lowest BCUT2D eigenvalue weighted by atomic mass is 10.1. The number of amides is 1. The lowest BCUT2D eigenvalue weighted by Gasteiger charge is -2.32. The van der Waals surface area contributed by atoms with Crippen molar-refractivity contribution in [2.24, 2.45) is 4.99 Å². The van der Waals surface area contributed by atoms with E-state index in [9.17, 15) is 4.79 Å². The molecule has 2 N–H and O–H groups in total. The summed E-state index contributed by atoms with van der Waals surface area (Å²) in [5.41, 5.74) is 2.22. The summed E-state index contributed by atoms with van der Waals surface area (Å²) < 4.78 is 11.1. The van der Waals surface area contributed by atoms with E-state index < -0.39 is 0 Å². The van der Waals surface area contributed by atoms with Crippen molar-refractivity contribution < 1.29 is 14.3 Å². The predicted molar refractivity (Wildman–Crippen MR) is 139 cm³/mol. The number of piperidine rings is 1. The Balaban J connectivity index is 0.00000363. The number of para-hydroxylation sites is 1. The Labute approximate surface area is 207 Å². The van der Waals surface area contributed by atoms with Crippen LogP contribution in [-0.4, -0.2) is 62.9 Å². The first-order valence-electron chi connectivity index (χ1n) is 10.9. The average molecular weight is 552 g/mol. The van der Waals surface area contributed by atoms with E-state index in [2.05, 4.69) is 33.8 Å². The quantitative estimate of drug-likeness (QED) is 0.234. The molecule has 0 atom stereocenters. The molecule has 1 amide bonds. The van der Waals surface area contributed by atoms with E-state index in [-0.39, 0.29) is 36.1 Å². The van der Waals surface area contributed by atoms with Gasteiger partial charge in [-0.05, 0) is 31.4 Å². The molecule has 1 saturated heterocycles. The number of halogens is 1. The summed E-state index contributed by atoms with van der Waals surface area (Å²) in [5.74, 6) is 1.61. The summed E-state index contributed by atoms with van der Waals surface area (Å²) >= 11 is 0. The molecule has 1 heterocycles. The van der Waals surface area contributed by atoms with E-state index in [0.29, 0.717) is 32.8 Å². The van der Waals surface area contributed by atoms with Crippen LogP contribution in [-0.2, 0) is 4.74 Å². The van der Waals surface area contributed by atoms with E-state index in [1.807, 2.05) is 43.3 Å². The van der Waals surface area contributed by atoms with Crippen LogP contribution in [0, 0.1) is 0 Å². The van der Waals surface area contributed by atoms with Crippen LogP contribution < -0.4 is 15.4 Å². The summed E-state index contributed by atoms with van der Waals surface area (Å²) in [6, 6.07) is 18.6. The molecule has 0 saturated carbocycles. The van der Waals surface area contributed by atoms with Gasteiger partial charge < -0.3 is 25.0 Å². The van der Waals surface area contributed by atoms with Crippen molar-refractivity contribution in [1.29, 1.82) is 0 Å². The Morgan fingerprint density at radius 3 is 2.47 bits per heavy atom. The zero-order valence-corrected chi connectivity index (χ0v) is 21.1. The molecule has 0 bridgehead atoms. The zero-order chi connectivity index (χ0) is 21.9. The Morgan fingerprint density at radius 1 is 1.09 bits per heavy atom. The largest absolute Gasteiger partial charge is 0.491 e. The molecule has 0 radical (unpaired) electrons. The van der Waals surface area contributed by atoms with E-state index in [1.54, 1.807) is 11.9 Å². The molecule has 0 unspecified atom stereocenters. The molecule has 32 heavy (non-hydrogen) atoms. The van der Waals surface area contributed by atoms with Crippen molar-refractivity contribution in [2.75, 3.05) is 39.9 Å². The van der Waals surface area contributed by atoms with Crippen LogP contribution in [0.3, 0.4) is 0 Å². The summed E-state index contributed by atoms with van der Waals surface area (Å²) in [6.07, 6.45) is 1.50. The fraction of sp³-hybridized carbons (Fsp3) is 0.417. The minimum absolute atomic E-state index is 0. The number of hydrogen-bond donors (Lipinski definition) is 2. The summed E-state index contributed by atoms with van der Waals surface area (Å²) in [6.45, 7) is 4.76. The van der Waals surface area contributed by atoms with Gasteiger partial charge in [-0.15, -0.1) is 24.0 Å². The van der Waals surface area contributed by atoms with Crippen LogP contribution in [0.1, 0.15) is 19.8 Å². The van der Waals surface area contributed by atoms with Gasteiger partial charge in [0.2, 0.25) is 0 Å². The van der Waals surface area contributed by atoms with Gasteiger partial charge in [-0.2, -0.15) is 0 Å². The molecular weight excluding hydrogens is 519 g/mol. The summed E-state index contributed by atoms with van der Waals surface area (Å²) in [7, 11) is 1.76. The number of benzene rings is 2. The van der Waals surface area contributed by atoms with Crippen LogP contribution in [0.25, 0.3) is 11.1 Å². The Morgan fingerprint density at radius 2 is 1.78 bits per heavy atom. The molecule has 7 nitrogen and oxygen atoms in total. The topological polar surface area (TPSA) is 75.2 Å². The minimum Gasteiger partial charge on any atom is -0.491 e. The van der Waals surface area contributed by atoms with Crippen molar-refractivity contribution in [3.63, 3.8) is 0 Å². The molecule has 0 aromatic heterocycles. The SMILES string of the molecule is CCOC(=O)N1CCC(NC(=NC)NCCOc2ccccc2-c2ccccc2)CC1.I. The maximum Gasteiger partial charge on any atom is 0.409 e. The highest BCUT2D eigenvalue weighted by Gasteiger charge is 2.24. The number of nitrogens with one attached hydrogen (secondary N) is 2. The third-order valence-corrected chi connectivity index (χ3v) is 5.21. The molecule has 3 rings (SSSR count). The number of nitrogens with zero attached hydrogens (tertiary/aromatic N) is 2. The third kappa shape index (κ3) is 7.58. The first kappa shape index (κ1) is 25.8. The number of carbonyl (C=O) groups is 1. The highest BCUT2D eigenvalue weighted by Crippen LogP contribution is 2.29. The number of aliphatic imine (C=N–C) groups is 1. The maximum atomic E-state index is 11.8. The summed E-state index contributed by atoms with van der Waals surface area (Å²) in [5, 5.41) is 6.75. The normalized spacial score (nSPS) is 14.3. The monoisotopic (exact) mass is 552 g/mol. The van der Waals surface area contributed by atoms with Gasteiger partial charge in [0, 0.05) is 31.7 Å². The van der Waals surface area contributed by atoms with Crippen molar-refractivity contribution in [1.82, 2.24) is 15.5 Å². The maximum absolute atomic E-state index is 11.8. The Bertz CT molecular complexity index is 855. The first-order valence-corrected chi connectivity index (χ1v) is 10.9. The van der Waals surface area contributed by atoms with Crippen LogP contribution in [0.5, 0.6) is 5.75 Å². The number of hydrogen-bond acceptors (Lipinski definition) is 4. The first-order chi connectivity index (χ1) is 15.2. The van der Waals surface area contributed by atoms with Gasteiger partial charge in [0.25, 0.3) is 0 Å². The highest BCUT2D eigenvalue weighted by atomic mass is 127. The number of guanidine groups is 1. The van der Waals surface area contributed by atoms with Crippen LogP contribution in [0.15, 0.2) is 59.6 Å². The fourth-order valence-electron chi connectivity index (χ4n) is 3.59. The van der Waals surface area contributed by atoms with Crippen LogP contribution in [0.4, 0.5) is 4.79 Å². The molecule has 174 valence electrons. The van der Waals surface area contributed by atoms with Crippen molar-refractivity contribution in [3.05, 3.63) is 54.6 Å².